The molecule has 144 valence electrons. The predicted octanol–water partition coefficient (Wildman–Crippen LogP) is 1.44. The fourth-order valence-electron chi connectivity index (χ4n) is 3.28. The Bertz CT molecular complexity index is 723. The molecular formula is C21H28N3O3+. The lowest BCUT2D eigenvalue weighted by atomic mass is 10.2. The first-order valence-corrected chi connectivity index (χ1v) is 9.43. The number of carbonyl (C=O) groups excluding carboxylic acids is 1. The molecule has 0 saturated carbocycles. The molecule has 0 spiro atoms. The highest BCUT2D eigenvalue weighted by atomic mass is 16.5. The van der Waals surface area contributed by atoms with Crippen LogP contribution in [-0.2, 0) is 4.79 Å². The molecule has 1 aliphatic heterocycles. The van der Waals surface area contributed by atoms with Gasteiger partial charge >= 0.3 is 0 Å². The van der Waals surface area contributed by atoms with Crippen molar-refractivity contribution in [2.24, 2.45) is 0 Å². The molecule has 0 unspecified atom stereocenters. The number of nitrogens with one attached hydrogen (secondary N) is 2. The number of hydrogen-bond donors (Lipinski definition) is 2. The second-order valence-electron chi connectivity index (χ2n) is 6.62. The summed E-state index contributed by atoms with van der Waals surface area (Å²) in [5.41, 5.74) is 2.01. The van der Waals surface area contributed by atoms with E-state index in [1.165, 1.54) is 10.6 Å². The first-order chi connectivity index (χ1) is 13.2. The quantitative estimate of drug-likeness (QED) is 0.774. The lowest BCUT2D eigenvalue weighted by molar-refractivity contribution is -0.892. The Morgan fingerprint density at radius 2 is 1.67 bits per heavy atom. The lowest BCUT2D eigenvalue weighted by Gasteiger charge is -2.33. The molecule has 2 aromatic rings. The fourth-order valence-corrected chi connectivity index (χ4v) is 3.28. The third-order valence-electron chi connectivity index (χ3n) is 4.77. The number of methoxy groups -OCH3 is 1. The molecule has 2 aromatic carbocycles. The van der Waals surface area contributed by atoms with E-state index >= 15 is 0 Å². The van der Waals surface area contributed by atoms with Crippen molar-refractivity contribution in [2.45, 2.75) is 6.92 Å². The van der Waals surface area contributed by atoms with Crippen molar-refractivity contribution >= 4 is 17.3 Å². The average Bonchev–Trinajstić information content (AvgIpc) is 2.70. The summed E-state index contributed by atoms with van der Waals surface area (Å²) >= 11 is 0. The summed E-state index contributed by atoms with van der Waals surface area (Å²) in [6.07, 6.45) is 0. The third-order valence-corrected chi connectivity index (χ3v) is 4.77. The van der Waals surface area contributed by atoms with Crippen molar-refractivity contribution in [3.05, 3.63) is 48.5 Å². The summed E-state index contributed by atoms with van der Waals surface area (Å²) < 4.78 is 10.6. The Balaban J connectivity index is 1.44. The number of rotatable bonds is 7. The molecule has 6 heteroatoms. The molecule has 0 aromatic heterocycles. The molecule has 0 atom stereocenters. The molecule has 1 fully saturated rings. The highest BCUT2D eigenvalue weighted by Crippen LogP contribution is 2.19. The smallest absolute Gasteiger partial charge is 0.279 e. The van der Waals surface area contributed by atoms with Crippen LogP contribution in [0, 0.1) is 0 Å². The van der Waals surface area contributed by atoms with Gasteiger partial charge in [0.05, 0.1) is 39.9 Å². The maximum atomic E-state index is 12.3. The van der Waals surface area contributed by atoms with E-state index in [2.05, 4.69) is 22.3 Å². The molecule has 1 aliphatic rings. The van der Waals surface area contributed by atoms with Gasteiger partial charge in [-0.3, -0.25) is 4.79 Å². The number of carbonyl (C=O) groups is 1. The number of nitrogens with zero attached hydrogens (tertiary/aromatic N) is 1. The van der Waals surface area contributed by atoms with Gasteiger partial charge in [-0.1, -0.05) is 0 Å². The van der Waals surface area contributed by atoms with E-state index in [0.29, 0.717) is 13.2 Å². The first kappa shape index (κ1) is 19.0. The summed E-state index contributed by atoms with van der Waals surface area (Å²) in [6, 6.07) is 15.6. The second-order valence-corrected chi connectivity index (χ2v) is 6.62. The summed E-state index contributed by atoms with van der Waals surface area (Å²) in [4.78, 5) is 16.0. The van der Waals surface area contributed by atoms with E-state index in [9.17, 15) is 4.79 Å². The van der Waals surface area contributed by atoms with Gasteiger partial charge in [0.1, 0.15) is 11.5 Å². The number of anilines is 2. The van der Waals surface area contributed by atoms with Crippen molar-refractivity contribution in [3.63, 3.8) is 0 Å². The van der Waals surface area contributed by atoms with Crippen molar-refractivity contribution in [3.8, 4) is 11.5 Å². The Morgan fingerprint density at radius 3 is 2.26 bits per heavy atom. The number of amides is 1. The average molecular weight is 370 g/mol. The van der Waals surface area contributed by atoms with Gasteiger partial charge in [-0.25, -0.2) is 0 Å². The fraction of sp³-hybridized carbons (Fsp3) is 0.381. The minimum Gasteiger partial charge on any atom is -0.497 e. The summed E-state index contributed by atoms with van der Waals surface area (Å²) in [5.74, 6) is 1.73. The van der Waals surface area contributed by atoms with Crippen molar-refractivity contribution in [1.82, 2.24) is 0 Å². The molecule has 0 radical (unpaired) electrons. The molecule has 1 amide bonds. The zero-order valence-corrected chi connectivity index (χ0v) is 16.0. The molecule has 1 heterocycles. The standard InChI is InChI=1S/C21H27N3O3/c1-3-27-20-8-4-17(5-9-20)22-21(25)16-23-12-14-24(15-13-23)18-6-10-19(26-2)11-7-18/h4-11H,3,12-16H2,1-2H3,(H,22,25)/p+1. The summed E-state index contributed by atoms with van der Waals surface area (Å²) in [5, 5.41) is 2.97. The largest absolute Gasteiger partial charge is 0.497 e. The molecule has 3 rings (SSSR count). The van der Waals surface area contributed by atoms with Crippen LogP contribution in [0.5, 0.6) is 11.5 Å². The van der Waals surface area contributed by atoms with E-state index in [-0.39, 0.29) is 5.91 Å². The highest BCUT2D eigenvalue weighted by Gasteiger charge is 2.22. The van der Waals surface area contributed by atoms with Crippen LogP contribution in [0.3, 0.4) is 0 Å². The third kappa shape index (κ3) is 5.37. The normalized spacial score (nSPS) is 14.7. The molecule has 0 aliphatic carbocycles. The van der Waals surface area contributed by atoms with Crippen LogP contribution in [0.1, 0.15) is 6.92 Å². The van der Waals surface area contributed by atoms with Gasteiger partial charge in [-0.15, -0.1) is 0 Å². The zero-order valence-electron chi connectivity index (χ0n) is 16.0. The first-order valence-electron chi connectivity index (χ1n) is 9.43. The van der Waals surface area contributed by atoms with Gasteiger partial charge in [-0.2, -0.15) is 0 Å². The van der Waals surface area contributed by atoms with Crippen LogP contribution in [0.2, 0.25) is 0 Å². The number of quaternary nitrogens is 1. The Labute approximate surface area is 160 Å². The van der Waals surface area contributed by atoms with Crippen LogP contribution in [0.15, 0.2) is 48.5 Å². The number of benzene rings is 2. The van der Waals surface area contributed by atoms with Gasteiger partial charge in [0.2, 0.25) is 0 Å². The van der Waals surface area contributed by atoms with Gasteiger partial charge in [0.15, 0.2) is 6.54 Å². The Hall–Kier alpha value is -2.73. The Morgan fingerprint density at radius 1 is 1.04 bits per heavy atom. The van der Waals surface area contributed by atoms with Crippen LogP contribution >= 0.6 is 0 Å². The molecule has 6 nitrogen and oxygen atoms in total. The topological polar surface area (TPSA) is 55.2 Å². The molecule has 2 N–H and O–H groups in total. The number of ether oxygens (including phenoxy) is 2. The minimum atomic E-state index is 0.0482. The zero-order chi connectivity index (χ0) is 19.1. The minimum absolute atomic E-state index is 0.0482. The van der Waals surface area contributed by atoms with Gasteiger partial charge in [0.25, 0.3) is 5.91 Å². The van der Waals surface area contributed by atoms with Gasteiger partial charge < -0.3 is 24.6 Å². The van der Waals surface area contributed by atoms with Crippen LogP contribution in [0.4, 0.5) is 11.4 Å². The maximum absolute atomic E-state index is 12.3. The molecule has 1 saturated heterocycles. The second kappa shape index (κ2) is 9.28. The lowest BCUT2D eigenvalue weighted by Crippen LogP contribution is -3.15. The van der Waals surface area contributed by atoms with Crippen LogP contribution in [0.25, 0.3) is 0 Å². The number of hydrogen-bond acceptors (Lipinski definition) is 4. The monoisotopic (exact) mass is 370 g/mol. The van der Waals surface area contributed by atoms with Crippen LogP contribution < -0.4 is 24.6 Å². The van der Waals surface area contributed by atoms with E-state index < -0.39 is 0 Å². The molecule has 27 heavy (non-hydrogen) atoms. The van der Waals surface area contributed by atoms with Crippen molar-refractivity contribution in [2.75, 3.05) is 56.7 Å². The van der Waals surface area contributed by atoms with Gasteiger partial charge in [0, 0.05) is 11.4 Å². The predicted molar refractivity (Wildman–Crippen MR) is 107 cm³/mol. The highest BCUT2D eigenvalue weighted by molar-refractivity contribution is 5.91. The summed E-state index contributed by atoms with van der Waals surface area (Å²) in [6.45, 7) is 6.86. The van der Waals surface area contributed by atoms with E-state index in [1.54, 1.807) is 7.11 Å². The SMILES string of the molecule is CCOc1ccc(NC(=O)C[NH+]2CCN(c3ccc(OC)cc3)CC2)cc1. The maximum Gasteiger partial charge on any atom is 0.279 e. The van der Waals surface area contributed by atoms with E-state index in [1.807, 2.05) is 43.3 Å². The number of piperazine rings is 1. The summed E-state index contributed by atoms with van der Waals surface area (Å²) in [7, 11) is 1.68. The van der Waals surface area contributed by atoms with Crippen molar-refractivity contribution in [1.29, 1.82) is 0 Å². The van der Waals surface area contributed by atoms with Crippen molar-refractivity contribution < 1.29 is 19.2 Å². The van der Waals surface area contributed by atoms with Gasteiger partial charge in [-0.05, 0) is 55.5 Å². The molecular weight excluding hydrogens is 342 g/mol. The Kier molecular flexibility index (Phi) is 6.54. The molecule has 0 bridgehead atoms. The van der Waals surface area contributed by atoms with E-state index in [4.69, 9.17) is 9.47 Å². The van der Waals surface area contributed by atoms with Crippen LogP contribution in [-0.4, -0.2) is 52.3 Å². The van der Waals surface area contributed by atoms with E-state index in [0.717, 1.165) is 43.4 Å².